The number of ketones is 1. The minimum atomic E-state index is -0.129. The first-order valence-electron chi connectivity index (χ1n) is 9.76. The largest absolute Gasteiger partial charge is 0.462 e. The van der Waals surface area contributed by atoms with Gasteiger partial charge in [0.05, 0.1) is 0 Å². The van der Waals surface area contributed by atoms with Crippen LogP contribution in [0.4, 0.5) is 0 Å². The minimum absolute atomic E-state index is 0.110. The van der Waals surface area contributed by atoms with Gasteiger partial charge in [0, 0.05) is 18.8 Å². The van der Waals surface area contributed by atoms with E-state index in [2.05, 4.69) is 13.8 Å². The molecule has 0 aromatic carbocycles. The SMILES string of the molecule is CC(=O)O[C@H]1CC[C@H]2[C@@H]3CCC4=CC(=O)CC[C@]4(C)[C@H]3CC[C@@]12C. The fourth-order valence-corrected chi connectivity index (χ4v) is 6.91. The predicted molar refractivity (Wildman–Crippen MR) is 92.3 cm³/mol. The summed E-state index contributed by atoms with van der Waals surface area (Å²) in [6.07, 6.45) is 10.8. The second-order valence-electron chi connectivity index (χ2n) is 9.19. The van der Waals surface area contributed by atoms with Gasteiger partial charge in [-0.3, -0.25) is 9.59 Å². The molecule has 132 valence electrons. The first-order valence-corrected chi connectivity index (χ1v) is 9.76. The molecule has 0 unspecified atom stereocenters. The van der Waals surface area contributed by atoms with Crippen molar-refractivity contribution in [1.29, 1.82) is 0 Å². The Kier molecular flexibility index (Phi) is 3.71. The number of carbonyl (C=O) groups is 2. The molecule has 4 rings (SSSR count). The third-order valence-electron chi connectivity index (χ3n) is 8.18. The minimum Gasteiger partial charge on any atom is -0.462 e. The van der Waals surface area contributed by atoms with Crippen molar-refractivity contribution in [2.45, 2.75) is 78.2 Å². The summed E-state index contributed by atoms with van der Waals surface area (Å²) in [6.45, 7) is 6.33. The van der Waals surface area contributed by atoms with Gasteiger partial charge in [-0.15, -0.1) is 0 Å². The van der Waals surface area contributed by atoms with Crippen LogP contribution in [0.15, 0.2) is 11.6 Å². The molecule has 3 saturated carbocycles. The van der Waals surface area contributed by atoms with Gasteiger partial charge in [0.25, 0.3) is 0 Å². The molecule has 0 amide bonds. The summed E-state index contributed by atoms with van der Waals surface area (Å²) >= 11 is 0. The Hall–Kier alpha value is -1.12. The number of rotatable bonds is 1. The van der Waals surface area contributed by atoms with E-state index in [1.807, 2.05) is 6.08 Å². The molecule has 0 heterocycles. The molecule has 3 fully saturated rings. The van der Waals surface area contributed by atoms with Crippen LogP contribution in [0.2, 0.25) is 0 Å². The Bertz CT molecular complexity index is 606. The van der Waals surface area contributed by atoms with Gasteiger partial charge in [-0.05, 0) is 74.2 Å². The molecule has 0 aliphatic heterocycles. The summed E-state index contributed by atoms with van der Waals surface area (Å²) < 4.78 is 5.71. The van der Waals surface area contributed by atoms with Gasteiger partial charge in [-0.2, -0.15) is 0 Å². The molecule has 0 saturated heterocycles. The van der Waals surface area contributed by atoms with E-state index in [0.29, 0.717) is 17.6 Å². The summed E-state index contributed by atoms with van der Waals surface area (Å²) in [6, 6.07) is 0. The van der Waals surface area contributed by atoms with Crippen LogP contribution >= 0.6 is 0 Å². The highest BCUT2D eigenvalue weighted by Gasteiger charge is 2.59. The molecule has 0 aromatic heterocycles. The first kappa shape index (κ1) is 16.4. The lowest BCUT2D eigenvalue weighted by molar-refractivity contribution is -0.157. The zero-order valence-corrected chi connectivity index (χ0v) is 15.3. The standard InChI is InChI=1S/C21H30O3/c1-13(22)24-19-7-6-17-16-5-4-14-12-15(23)8-10-20(14,2)18(16)9-11-21(17,19)3/h12,16-19H,4-11H2,1-3H3/t16-,17-,18-,19-,20-,21+/m0/s1. The second-order valence-corrected chi connectivity index (χ2v) is 9.19. The molecule has 6 atom stereocenters. The molecule has 0 N–H and O–H groups in total. The fraction of sp³-hybridized carbons (Fsp3) is 0.810. The van der Waals surface area contributed by atoms with E-state index in [9.17, 15) is 9.59 Å². The molecule has 0 spiro atoms. The van der Waals surface area contributed by atoms with Crippen molar-refractivity contribution in [3.63, 3.8) is 0 Å². The normalized spacial score (nSPS) is 47.3. The number of hydrogen-bond acceptors (Lipinski definition) is 3. The molecule has 3 heteroatoms. The molecule has 4 aliphatic carbocycles. The summed E-state index contributed by atoms with van der Waals surface area (Å²) in [7, 11) is 0. The Balaban J connectivity index is 1.62. The molecule has 0 aromatic rings. The Morgan fingerprint density at radius 1 is 1.08 bits per heavy atom. The van der Waals surface area contributed by atoms with Crippen molar-refractivity contribution in [3.8, 4) is 0 Å². The van der Waals surface area contributed by atoms with Gasteiger partial charge >= 0.3 is 5.97 Å². The number of ether oxygens (including phenoxy) is 1. The molecule has 4 aliphatic rings. The Morgan fingerprint density at radius 3 is 2.62 bits per heavy atom. The van der Waals surface area contributed by atoms with Crippen molar-refractivity contribution in [2.24, 2.45) is 28.6 Å². The smallest absolute Gasteiger partial charge is 0.302 e. The third kappa shape index (κ3) is 2.23. The van der Waals surface area contributed by atoms with Crippen molar-refractivity contribution in [2.75, 3.05) is 0 Å². The maximum absolute atomic E-state index is 11.9. The lowest BCUT2D eigenvalue weighted by Crippen LogP contribution is -2.51. The molecule has 0 bridgehead atoms. The van der Waals surface area contributed by atoms with E-state index in [4.69, 9.17) is 4.74 Å². The topological polar surface area (TPSA) is 43.4 Å². The fourth-order valence-electron chi connectivity index (χ4n) is 6.91. The van der Waals surface area contributed by atoms with E-state index in [0.717, 1.165) is 38.0 Å². The highest BCUT2D eigenvalue weighted by atomic mass is 16.5. The molecule has 3 nitrogen and oxygen atoms in total. The van der Waals surface area contributed by atoms with Crippen LogP contribution in [0, 0.1) is 28.6 Å². The van der Waals surface area contributed by atoms with Gasteiger partial charge in [0.15, 0.2) is 5.78 Å². The number of hydrogen-bond donors (Lipinski definition) is 0. The zero-order chi connectivity index (χ0) is 17.1. The second kappa shape index (κ2) is 5.44. The van der Waals surface area contributed by atoms with E-state index >= 15 is 0 Å². The van der Waals surface area contributed by atoms with Gasteiger partial charge in [0.2, 0.25) is 0 Å². The first-order chi connectivity index (χ1) is 11.3. The molecule has 0 radical (unpaired) electrons. The number of esters is 1. The maximum Gasteiger partial charge on any atom is 0.302 e. The lowest BCUT2D eigenvalue weighted by Gasteiger charge is -2.57. The van der Waals surface area contributed by atoms with E-state index in [-0.39, 0.29) is 22.9 Å². The lowest BCUT2D eigenvalue weighted by atomic mass is 9.47. The van der Waals surface area contributed by atoms with Crippen molar-refractivity contribution in [1.82, 2.24) is 0 Å². The molecule has 24 heavy (non-hydrogen) atoms. The Morgan fingerprint density at radius 2 is 1.88 bits per heavy atom. The summed E-state index contributed by atoms with van der Waals surface area (Å²) in [5, 5.41) is 0. The highest BCUT2D eigenvalue weighted by molar-refractivity contribution is 5.91. The quantitative estimate of drug-likeness (QED) is 0.667. The monoisotopic (exact) mass is 330 g/mol. The van der Waals surface area contributed by atoms with Crippen LogP contribution in [0.5, 0.6) is 0 Å². The van der Waals surface area contributed by atoms with E-state index in [1.54, 1.807) is 6.92 Å². The van der Waals surface area contributed by atoms with E-state index < -0.39 is 0 Å². The summed E-state index contributed by atoms with van der Waals surface area (Å²) in [5.41, 5.74) is 1.82. The van der Waals surface area contributed by atoms with Crippen LogP contribution in [-0.2, 0) is 14.3 Å². The van der Waals surface area contributed by atoms with Crippen LogP contribution in [0.25, 0.3) is 0 Å². The number of fused-ring (bicyclic) bond motifs is 5. The zero-order valence-electron chi connectivity index (χ0n) is 15.3. The number of allylic oxidation sites excluding steroid dienone is 1. The predicted octanol–water partition coefficient (Wildman–Crippen LogP) is 4.45. The van der Waals surface area contributed by atoms with Crippen molar-refractivity contribution >= 4 is 11.8 Å². The van der Waals surface area contributed by atoms with Crippen LogP contribution in [0.3, 0.4) is 0 Å². The third-order valence-corrected chi connectivity index (χ3v) is 8.18. The summed E-state index contributed by atoms with van der Waals surface area (Å²) in [4.78, 5) is 23.4. The highest BCUT2D eigenvalue weighted by Crippen LogP contribution is 2.65. The molecular formula is C21H30O3. The summed E-state index contributed by atoms with van der Waals surface area (Å²) in [5.74, 6) is 2.32. The van der Waals surface area contributed by atoms with Gasteiger partial charge in [-0.1, -0.05) is 19.4 Å². The number of carbonyl (C=O) groups excluding carboxylic acids is 2. The average Bonchev–Trinajstić information content (AvgIpc) is 2.84. The van der Waals surface area contributed by atoms with Crippen molar-refractivity contribution in [3.05, 3.63) is 11.6 Å². The van der Waals surface area contributed by atoms with Crippen molar-refractivity contribution < 1.29 is 14.3 Å². The van der Waals surface area contributed by atoms with Crippen LogP contribution in [0.1, 0.15) is 72.1 Å². The molecular weight excluding hydrogens is 300 g/mol. The van der Waals surface area contributed by atoms with Gasteiger partial charge in [-0.25, -0.2) is 0 Å². The van der Waals surface area contributed by atoms with Crippen LogP contribution in [-0.4, -0.2) is 17.9 Å². The maximum atomic E-state index is 11.9. The van der Waals surface area contributed by atoms with Gasteiger partial charge in [0.1, 0.15) is 6.10 Å². The Labute approximate surface area is 145 Å². The average molecular weight is 330 g/mol. The van der Waals surface area contributed by atoms with Gasteiger partial charge < -0.3 is 4.74 Å². The van der Waals surface area contributed by atoms with E-state index in [1.165, 1.54) is 24.8 Å². The van der Waals surface area contributed by atoms with Crippen LogP contribution < -0.4 is 0 Å².